The summed E-state index contributed by atoms with van der Waals surface area (Å²) < 4.78 is 10.9. The molecule has 1 aromatic carbocycles. The van der Waals surface area contributed by atoms with Gasteiger partial charge in [-0.2, -0.15) is 0 Å². The highest BCUT2D eigenvalue weighted by atomic mass is 32.2. The van der Waals surface area contributed by atoms with Gasteiger partial charge in [0.25, 0.3) is 0 Å². The average Bonchev–Trinajstić information content (AvgIpc) is 2.59. The van der Waals surface area contributed by atoms with Crippen molar-refractivity contribution in [3.8, 4) is 0 Å². The number of carbonyl (C=O) groups is 2. The van der Waals surface area contributed by atoms with Crippen molar-refractivity contribution in [2.75, 3.05) is 4.90 Å². The molecule has 0 spiro atoms. The van der Waals surface area contributed by atoms with Gasteiger partial charge in [0.2, 0.25) is 11.8 Å². The second kappa shape index (κ2) is 4.15. The van der Waals surface area contributed by atoms with Gasteiger partial charge < -0.3 is 0 Å². The van der Waals surface area contributed by atoms with Crippen molar-refractivity contribution in [2.24, 2.45) is 5.14 Å². The molecule has 1 atom stereocenters. The highest BCUT2D eigenvalue weighted by molar-refractivity contribution is 7.82. The van der Waals surface area contributed by atoms with E-state index in [0.29, 0.717) is 10.6 Å². The summed E-state index contributed by atoms with van der Waals surface area (Å²) in [5, 5.41) is 5.20. The van der Waals surface area contributed by atoms with E-state index in [2.05, 4.69) is 0 Å². The van der Waals surface area contributed by atoms with Crippen LogP contribution < -0.4 is 10.0 Å². The molecule has 2 N–H and O–H groups in total. The van der Waals surface area contributed by atoms with Crippen molar-refractivity contribution in [1.82, 2.24) is 0 Å². The molecular weight excluding hydrogens is 228 g/mol. The maximum Gasteiger partial charge on any atom is 0.234 e. The summed E-state index contributed by atoms with van der Waals surface area (Å²) >= 11 is 0. The number of amides is 2. The third-order valence-corrected chi connectivity index (χ3v) is 3.12. The van der Waals surface area contributed by atoms with Crippen molar-refractivity contribution >= 4 is 28.5 Å². The Labute approximate surface area is 94.8 Å². The molecule has 1 aliphatic rings. The summed E-state index contributed by atoms with van der Waals surface area (Å²) in [5.74, 6) is -0.404. The van der Waals surface area contributed by atoms with Crippen molar-refractivity contribution < 1.29 is 13.8 Å². The number of carbonyl (C=O) groups excluding carboxylic acids is 2. The zero-order valence-corrected chi connectivity index (χ0v) is 9.20. The molecule has 0 aliphatic carbocycles. The highest BCUT2D eigenvalue weighted by Gasteiger charge is 2.30. The van der Waals surface area contributed by atoms with E-state index in [9.17, 15) is 13.8 Å². The second-order valence-electron chi connectivity index (χ2n) is 3.41. The smallest absolute Gasteiger partial charge is 0.234 e. The molecule has 0 saturated carbocycles. The van der Waals surface area contributed by atoms with Gasteiger partial charge in [-0.3, -0.25) is 14.5 Å². The molecule has 84 valence electrons. The monoisotopic (exact) mass is 238 g/mol. The van der Waals surface area contributed by atoms with E-state index in [1.165, 1.54) is 0 Å². The number of rotatable bonds is 2. The van der Waals surface area contributed by atoms with Gasteiger partial charge in [0, 0.05) is 12.8 Å². The number of hydrogen-bond acceptors (Lipinski definition) is 3. The fourth-order valence-corrected chi connectivity index (χ4v) is 2.00. The molecule has 2 rings (SSSR count). The molecule has 2 amide bonds. The minimum Gasteiger partial charge on any atom is -0.274 e. The first-order valence-corrected chi connectivity index (χ1v) is 5.93. The lowest BCUT2D eigenvalue weighted by Crippen LogP contribution is -2.28. The lowest BCUT2D eigenvalue weighted by Gasteiger charge is -2.13. The molecular formula is C10H10N2O3S. The molecule has 5 nitrogen and oxygen atoms in total. The number of benzene rings is 1. The number of anilines is 1. The van der Waals surface area contributed by atoms with Crippen molar-refractivity contribution in [3.63, 3.8) is 0 Å². The SMILES string of the molecule is N[S@](=O)c1ccc(N2C(=O)CCC2=O)cc1. The Morgan fingerprint density at radius 2 is 1.56 bits per heavy atom. The first kappa shape index (κ1) is 11.0. The van der Waals surface area contributed by atoms with E-state index < -0.39 is 11.0 Å². The predicted octanol–water partition coefficient (Wildman–Crippen LogP) is 0.321. The summed E-state index contributed by atoms with van der Waals surface area (Å²) in [5.41, 5.74) is 0.502. The fraction of sp³-hybridized carbons (Fsp3) is 0.200. The van der Waals surface area contributed by atoms with Gasteiger partial charge in [0.1, 0.15) is 11.0 Å². The lowest BCUT2D eigenvalue weighted by atomic mass is 10.3. The van der Waals surface area contributed by atoms with E-state index in [0.717, 1.165) is 4.90 Å². The van der Waals surface area contributed by atoms with Crippen LogP contribution in [0.4, 0.5) is 5.69 Å². The number of imide groups is 1. The minimum absolute atomic E-state index is 0.202. The topological polar surface area (TPSA) is 80.5 Å². The molecule has 0 radical (unpaired) electrons. The molecule has 6 heteroatoms. The van der Waals surface area contributed by atoms with Crippen LogP contribution >= 0.6 is 0 Å². The number of nitrogens with zero attached hydrogens (tertiary/aromatic N) is 1. The van der Waals surface area contributed by atoms with E-state index in [-0.39, 0.29) is 24.7 Å². The molecule has 1 fully saturated rings. The number of hydrogen-bond donors (Lipinski definition) is 1. The van der Waals surface area contributed by atoms with Crippen LogP contribution in [0.1, 0.15) is 12.8 Å². The summed E-state index contributed by atoms with van der Waals surface area (Å²) in [6, 6.07) is 6.23. The van der Waals surface area contributed by atoms with Crippen LogP contribution in [0.15, 0.2) is 29.2 Å². The van der Waals surface area contributed by atoms with Crippen LogP contribution in [0, 0.1) is 0 Å². The van der Waals surface area contributed by atoms with Gasteiger partial charge in [0.15, 0.2) is 0 Å². The van der Waals surface area contributed by atoms with Gasteiger partial charge in [-0.15, -0.1) is 0 Å². The predicted molar refractivity (Wildman–Crippen MR) is 58.8 cm³/mol. The van der Waals surface area contributed by atoms with Gasteiger partial charge >= 0.3 is 0 Å². The van der Waals surface area contributed by atoms with Crippen LogP contribution in [0.2, 0.25) is 0 Å². The Balaban J connectivity index is 2.31. The first-order valence-electron chi connectivity index (χ1n) is 4.71. The van der Waals surface area contributed by atoms with Crippen LogP contribution in [-0.2, 0) is 20.6 Å². The third kappa shape index (κ3) is 1.89. The molecule has 0 bridgehead atoms. The van der Waals surface area contributed by atoms with E-state index in [1.807, 2.05) is 0 Å². The van der Waals surface area contributed by atoms with Crippen LogP contribution in [0.5, 0.6) is 0 Å². The summed E-state index contributed by atoms with van der Waals surface area (Å²) in [7, 11) is -1.54. The van der Waals surface area contributed by atoms with Crippen molar-refractivity contribution in [1.29, 1.82) is 0 Å². The maximum atomic E-state index is 11.4. The Kier molecular flexibility index (Phi) is 2.84. The quantitative estimate of drug-likeness (QED) is 0.753. The summed E-state index contributed by atoms with van der Waals surface area (Å²) in [4.78, 5) is 24.5. The molecule has 16 heavy (non-hydrogen) atoms. The summed E-state index contributed by atoms with van der Waals surface area (Å²) in [6.07, 6.45) is 0.507. The van der Waals surface area contributed by atoms with Gasteiger partial charge in [0.05, 0.1) is 10.6 Å². The fourth-order valence-electron chi connectivity index (χ4n) is 1.59. The van der Waals surface area contributed by atoms with Crippen LogP contribution in [0.25, 0.3) is 0 Å². The molecule has 1 aliphatic heterocycles. The van der Waals surface area contributed by atoms with Gasteiger partial charge in [-0.25, -0.2) is 9.35 Å². The molecule has 0 aromatic heterocycles. The van der Waals surface area contributed by atoms with E-state index >= 15 is 0 Å². The highest BCUT2D eigenvalue weighted by Crippen LogP contribution is 2.22. The van der Waals surface area contributed by atoms with E-state index in [4.69, 9.17) is 5.14 Å². The second-order valence-corrected chi connectivity index (χ2v) is 4.48. The Morgan fingerprint density at radius 1 is 1.06 bits per heavy atom. The normalized spacial score (nSPS) is 17.9. The molecule has 1 saturated heterocycles. The maximum absolute atomic E-state index is 11.4. The van der Waals surface area contributed by atoms with Crippen molar-refractivity contribution in [3.05, 3.63) is 24.3 Å². The summed E-state index contributed by atoms with van der Waals surface area (Å²) in [6.45, 7) is 0. The molecule has 1 heterocycles. The molecule has 0 unspecified atom stereocenters. The molecule has 1 aromatic rings. The Hall–Kier alpha value is -1.53. The average molecular weight is 238 g/mol. The largest absolute Gasteiger partial charge is 0.274 e. The zero-order valence-electron chi connectivity index (χ0n) is 8.38. The Morgan fingerprint density at radius 3 is 2.00 bits per heavy atom. The minimum atomic E-state index is -1.54. The van der Waals surface area contributed by atoms with Gasteiger partial charge in [-0.05, 0) is 24.3 Å². The third-order valence-electron chi connectivity index (χ3n) is 2.38. The van der Waals surface area contributed by atoms with Crippen LogP contribution in [0.3, 0.4) is 0 Å². The lowest BCUT2D eigenvalue weighted by molar-refractivity contribution is -0.121. The standard InChI is InChI=1S/C10H10N2O3S/c11-16(15)8-3-1-7(2-4-8)12-9(13)5-6-10(12)14/h1-4H,5-6,11H2/t16-/m1/s1. The van der Waals surface area contributed by atoms with Gasteiger partial charge in [-0.1, -0.05) is 0 Å². The number of nitrogens with two attached hydrogens (primary N) is 1. The first-order chi connectivity index (χ1) is 7.59. The Bertz CT molecular complexity index is 453. The van der Waals surface area contributed by atoms with Crippen molar-refractivity contribution in [2.45, 2.75) is 17.7 Å². The van der Waals surface area contributed by atoms with Crippen LogP contribution in [-0.4, -0.2) is 16.0 Å². The van der Waals surface area contributed by atoms with E-state index in [1.54, 1.807) is 24.3 Å². The zero-order chi connectivity index (χ0) is 11.7.